The highest BCUT2D eigenvalue weighted by molar-refractivity contribution is 5.97. The van der Waals surface area contributed by atoms with Crippen LogP contribution in [-0.2, 0) is 10.8 Å². The normalized spacial score (nSPS) is 16.1. The first-order valence-electron chi connectivity index (χ1n) is 20.6. The Labute approximate surface area is 343 Å². The zero-order valence-corrected chi connectivity index (χ0v) is 32.2. The Bertz CT molecular complexity index is 3310. The maximum atomic E-state index is 6.94. The van der Waals surface area contributed by atoms with Crippen LogP contribution < -0.4 is 4.74 Å². The van der Waals surface area contributed by atoms with E-state index in [1.165, 1.54) is 93.9 Å². The number of hydrogen-bond donors (Lipinski definition) is 0. The van der Waals surface area contributed by atoms with Gasteiger partial charge in [-0.25, -0.2) is 0 Å². The van der Waals surface area contributed by atoms with Crippen molar-refractivity contribution in [1.29, 1.82) is 0 Å². The average Bonchev–Trinajstić information content (AvgIpc) is 3.76. The van der Waals surface area contributed by atoms with E-state index in [0.717, 1.165) is 17.1 Å². The Morgan fingerprint density at radius 1 is 0.254 bits per heavy atom. The van der Waals surface area contributed by atoms with E-state index in [2.05, 4.69) is 218 Å². The molecule has 0 saturated carbocycles. The van der Waals surface area contributed by atoms with E-state index in [9.17, 15) is 0 Å². The molecular formula is C58H36O. The van der Waals surface area contributed by atoms with Crippen molar-refractivity contribution >= 4 is 21.5 Å². The molecule has 0 amide bonds. The second-order valence-electron chi connectivity index (χ2n) is 16.3. The van der Waals surface area contributed by atoms with Gasteiger partial charge in [0.1, 0.15) is 11.5 Å². The molecule has 59 heavy (non-hydrogen) atoms. The maximum Gasteiger partial charge on any atom is 0.132 e. The minimum Gasteiger partial charge on any atom is -0.457 e. The molecule has 10 aromatic carbocycles. The fourth-order valence-corrected chi connectivity index (χ4v) is 11.1. The van der Waals surface area contributed by atoms with Crippen LogP contribution in [0.4, 0.5) is 0 Å². The highest BCUT2D eigenvalue weighted by Gasteiger charge is 2.51. The second kappa shape index (κ2) is 12.0. The first-order valence-corrected chi connectivity index (χ1v) is 20.6. The number of ether oxygens (including phenoxy) is 1. The summed E-state index contributed by atoms with van der Waals surface area (Å²) in [4.78, 5) is 0. The van der Waals surface area contributed by atoms with Crippen molar-refractivity contribution in [2.75, 3.05) is 0 Å². The van der Waals surface area contributed by atoms with Gasteiger partial charge >= 0.3 is 0 Å². The summed E-state index contributed by atoms with van der Waals surface area (Å²) < 4.78 is 6.94. The Morgan fingerprint density at radius 3 is 1.36 bits per heavy atom. The number of rotatable bonds is 3. The summed E-state index contributed by atoms with van der Waals surface area (Å²) in [5.74, 6) is 1.81. The average molecular weight is 749 g/mol. The van der Waals surface area contributed by atoms with E-state index in [1.54, 1.807) is 0 Å². The van der Waals surface area contributed by atoms with Crippen LogP contribution in [0, 0.1) is 0 Å². The van der Waals surface area contributed by atoms with Crippen LogP contribution >= 0.6 is 0 Å². The van der Waals surface area contributed by atoms with Crippen LogP contribution in [0.3, 0.4) is 0 Å². The summed E-state index contributed by atoms with van der Waals surface area (Å²) in [6, 6.07) is 81.1. The Morgan fingerprint density at radius 2 is 0.712 bits per heavy atom. The van der Waals surface area contributed by atoms with Gasteiger partial charge in [-0.2, -0.15) is 0 Å². The highest BCUT2D eigenvalue weighted by Crippen LogP contribution is 2.63. The van der Waals surface area contributed by atoms with Gasteiger partial charge < -0.3 is 4.74 Å². The van der Waals surface area contributed by atoms with E-state index < -0.39 is 10.8 Å². The minimum atomic E-state index is -0.548. The molecule has 0 bridgehead atoms. The second-order valence-corrected chi connectivity index (χ2v) is 16.3. The third-order valence-electron chi connectivity index (χ3n) is 13.6. The molecule has 0 saturated heterocycles. The van der Waals surface area contributed by atoms with E-state index in [0.29, 0.717) is 0 Å². The molecule has 2 aliphatic carbocycles. The molecule has 10 aromatic rings. The zero-order valence-electron chi connectivity index (χ0n) is 32.2. The predicted molar refractivity (Wildman–Crippen MR) is 242 cm³/mol. The van der Waals surface area contributed by atoms with Gasteiger partial charge in [-0.1, -0.05) is 182 Å². The standard InChI is InChI=1S/C58H36O/c1-2-18-43(19-3-1)57(49-23-11-10-22-47(49)48-32-38-14-4-5-15-39(38)33-52(48)57)44-29-26-37(27-30-44)42-28-31-55-53(35-42)58(54-34-40-16-6-7-17-41(40)36-56(54)59-55)50-24-12-8-20-45(50)46-21-9-13-25-51(46)58/h1-36H. The number of fused-ring (bicyclic) bond motifs is 14. The van der Waals surface area contributed by atoms with Crippen molar-refractivity contribution in [3.63, 3.8) is 0 Å². The third kappa shape index (κ3) is 4.29. The van der Waals surface area contributed by atoms with Crippen molar-refractivity contribution in [1.82, 2.24) is 0 Å². The third-order valence-corrected chi connectivity index (χ3v) is 13.6. The van der Waals surface area contributed by atoms with E-state index >= 15 is 0 Å². The Kier molecular flexibility index (Phi) is 6.64. The molecule has 1 heteroatoms. The lowest BCUT2D eigenvalue weighted by atomic mass is 9.65. The van der Waals surface area contributed by atoms with Gasteiger partial charge in [0, 0.05) is 11.1 Å². The van der Waals surface area contributed by atoms with Crippen LogP contribution in [0.15, 0.2) is 218 Å². The zero-order chi connectivity index (χ0) is 38.7. The monoisotopic (exact) mass is 748 g/mol. The molecule has 1 nitrogen and oxygen atoms in total. The summed E-state index contributed by atoms with van der Waals surface area (Å²) in [5, 5.41) is 4.90. The lowest BCUT2D eigenvalue weighted by molar-refractivity contribution is 0.437. The van der Waals surface area contributed by atoms with Gasteiger partial charge in [0.2, 0.25) is 0 Å². The van der Waals surface area contributed by atoms with Crippen molar-refractivity contribution in [2.24, 2.45) is 0 Å². The van der Waals surface area contributed by atoms with Gasteiger partial charge in [-0.05, 0) is 125 Å². The van der Waals surface area contributed by atoms with Crippen LogP contribution in [-0.4, -0.2) is 0 Å². The number of benzene rings is 10. The molecule has 1 aliphatic heterocycles. The van der Waals surface area contributed by atoms with Crippen molar-refractivity contribution < 1.29 is 4.74 Å². The van der Waals surface area contributed by atoms with Gasteiger partial charge in [0.15, 0.2) is 0 Å². The van der Waals surface area contributed by atoms with Crippen LogP contribution in [0.1, 0.15) is 44.5 Å². The van der Waals surface area contributed by atoms with Crippen molar-refractivity contribution in [3.05, 3.63) is 263 Å². The molecule has 1 atom stereocenters. The van der Waals surface area contributed by atoms with E-state index in [1.807, 2.05) is 0 Å². The molecule has 0 radical (unpaired) electrons. The molecule has 274 valence electrons. The maximum absolute atomic E-state index is 6.94. The summed E-state index contributed by atoms with van der Waals surface area (Å²) in [6.07, 6.45) is 0. The van der Waals surface area contributed by atoms with Crippen LogP contribution in [0.5, 0.6) is 11.5 Å². The highest BCUT2D eigenvalue weighted by atomic mass is 16.5. The molecule has 0 N–H and O–H groups in total. The molecule has 0 fully saturated rings. The Balaban J connectivity index is 1.02. The van der Waals surface area contributed by atoms with Gasteiger partial charge in [0.25, 0.3) is 0 Å². The molecule has 3 aliphatic rings. The van der Waals surface area contributed by atoms with Crippen molar-refractivity contribution in [2.45, 2.75) is 10.8 Å². The Hall–Kier alpha value is -7.48. The summed E-state index contributed by atoms with van der Waals surface area (Å²) in [5.41, 5.74) is 16.6. The van der Waals surface area contributed by atoms with Crippen LogP contribution in [0.2, 0.25) is 0 Å². The van der Waals surface area contributed by atoms with Crippen molar-refractivity contribution in [3.8, 4) is 44.9 Å². The predicted octanol–water partition coefficient (Wildman–Crippen LogP) is 14.5. The molecule has 1 heterocycles. The summed E-state index contributed by atoms with van der Waals surface area (Å²) in [6.45, 7) is 0. The minimum absolute atomic E-state index is 0.479. The summed E-state index contributed by atoms with van der Waals surface area (Å²) >= 11 is 0. The van der Waals surface area contributed by atoms with Gasteiger partial charge in [0.05, 0.1) is 10.8 Å². The molecule has 0 aromatic heterocycles. The first-order chi connectivity index (χ1) is 29.2. The van der Waals surface area contributed by atoms with E-state index in [4.69, 9.17) is 4.74 Å². The molecule has 1 unspecified atom stereocenters. The molecule has 13 rings (SSSR count). The lowest BCUT2D eigenvalue weighted by Crippen LogP contribution is -2.32. The smallest absolute Gasteiger partial charge is 0.132 e. The molecule has 1 spiro atoms. The topological polar surface area (TPSA) is 9.23 Å². The first kappa shape index (κ1) is 32.6. The fraction of sp³-hybridized carbons (Fsp3) is 0.0345. The number of hydrogen-bond acceptors (Lipinski definition) is 1. The summed E-state index contributed by atoms with van der Waals surface area (Å²) in [7, 11) is 0. The SMILES string of the molecule is c1ccc(C2(c3ccc(-c4ccc5c(c4)C4(c6cc7ccccc7cc6O5)c5ccccc5-c5ccccc54)cc3)c3ccccc3-c3cc4ccccc4cc32)cc1. The lowest BCUT2D eigenvalue weighted by Gasteiger charge is -2.40. The quantitative estimate of drug-likeness (QED) is 0.175. The van der Waals surface area contributed by atoms with Gasteiger partial charge in [-0.15, -0.1) is 0 Å². The fourth-order valence-electron chi connectivity index (χ4n) is 11.1. The van der Waals surface area contributed by atoms with Gasteiger partial charge in [-0.3, -0.25) is 0 Å². The largest absolute Gasteiger partial charge is 0.457 e. The molecular weight excluding hydrogens is 713 g/mol. The van der Waals surface area contributed by atoms with E-state index in [-0.39, 0.29) is 0 Å². The van der Waals surface area contributed by atoms with Crippen LogP contribution in [0.25, 0.3) is 54.9 Å².